The number of aliphatic hydroxyl groups is 1. The first-order chi connectivity index (χ1) is 15.8. The van der Waals surface area contributed by atoms with Gasteiger partial charge in [0.05, 0.1) is 29.2 Å². The lowest BCUT2D eigenvalue weighted by molar-refractivity contribution is -0.143. The van der Waals surface area contributed by atoms with Gasteiger partial charge in [0.1, 0.15) is 6.04 Å². The summed E-state index contributed by atoms with van der Waals surface area (Å²) < 4.78 is -1.02. The summed E-state index contributed by atoms with van der Waals surface area (Å²) in [7, 11) is 1.60. The Labute approximate surface area is 200 Å². The van der Waals surface area contributed by atoms with Crippen LogP contribution in [0.2, 0.25) is 0 Å². The van der Waals surface area contributed by atoms with Crippen molar-refractivity contribution < 1.29 is 19.5 Å². The Morgan fingerprint density at radius 1 is 1.24 bits per heavy atom. The first kappa shape index (κ1) is 24.1. The molecule has 1 aromatic rings. The number of benzene rings is 1. The second-order valence-corrected chi connectivity index (χ2v) is 11.7. The molecule has 3 amide bonds. The number of carbonyl (C=O) groups excluding carboxylic acids is 3. The molecule has 3 aliphatic rings. The Bertz CT molecular complexity index is 912. The van der Waals surface area contributed by atoms with Gasteiger partial charge in [-0.25, -0.2) is 0 Å². The highest BCUT2D eigenvalue weighted by Crippen LogP contribution is 2.71. The standard InChI is InChI=1S/C25H35N3O4S/c1-4-5-13-27-22(31)20-25-12-11-24(2,33-25)18(21(30)26-3)19(25)23(32)28(20)17(15-29)14-16-9-7-6-8-10-16/h6-10,17-20,29H,4-5,11-15H2,1-3H3,(H,26,30)(H,27,31)/t17-,18+,19+,20?,24-,25?/m1/s1. The van der Waals surface area contributed by atoms with Crippen LogP contribution in [0.3, 0.4) is 0 Å². The van der Waals surface area contributed by atoms with Crippen molar-refractivity contribution in [3.8, 4) is 0 Å². The number of thioether (sulfide) groups is 1. The fourth-order valence-electron chi connectivity index (χ4n) is 6.24. The third kappa shape index (κ3) is 3.85. The highest BCUT2D eigenvalue weighted by Gasteiger charge is 2.77. The summed E-state index contributed by atoms with van der Waals surface area (Å²) in [6.07, 6.45) is 3.78. The normalized spacial score (nSPS) is 33.2. The number of fused-ring (bicyclic) bond motifs is 1. The van der Waals surface area contributed by atoms with E-state index < -0.39 is 28.7 Å². The number of carbonyl (C=O) groups is 3. The molecule has 1 spiro atoms. The number of hydrogen-bond donors (Lipinski definition) is 3. The molecule has 3 N–H and O–H groups in total. The van der Waals surface area contributed by atoms with Gasteiger partial charge in [-0.05, 0) is 38.2 Å². The summed E-state index contributed by atoms with van der Waals surface area (Å²) in [6, 6.07) is 8.49. The van der Waals surface area contributed by atoms with E-state index in [9.17, 15) is 19.5 Å². The molecule has 3 fully saturated rings. The molecule has 4 rings (SSSR count). The Morgan fingerprint density at radius 2 is 1.97 bits per heavy atom. The van der Waals surface area contributed by atoms with Crippen LogP contribution in [0.4, 0.5) is 0 Å². The number of nitrogens with one attached hydrogen (secondary N) is 2. The van der Waals surface area contributed by atoms with Gasteiger partial charge in [-0.2, -0.15) is 0 Å². The summed E-state index contributed by atoms with van der Waals surface area (Å²) in [5.74, 6) is -1.53. The highest BCUT2D eigenvalue weighted by molar-refractivity contribution is 8.02. The summed E-state index contributed by atoms with van der Waals surface area (Å²) in [5.41, 5.74) is 0.996. The third-order valence-electron chi connectivity index (χ3n) is 7.74. The van der Waals surface area contributed by atoms with Crippen molar-refractivity contribution in [2.24, 2.45) is 11.8 Å². The average Bonchev–Trinajstić information content (AvgIpc) is 3.38. The van der Waals surface area contributed by atoms with Crippen LogP contribution in [0.5, 0.6) is 0 Å². The molecule has 0 saturated carbocycles. The van der Waals surface area contributed by atoms with Crippen LogP contribution < -0.4 is 10.6 Å². The summed E-state index contributed by atoms with van der Waals surface area (Å²) in [5, 5.41) is 16.2. The number of rotatable bonds is 9. The molecule has 6 atom stereocenters. The van der Waals surface area contributed by atoms with Crippen LogP contribution in [0.15, 0.2) is 30.3 Å². The third-order valence-corrected chi connectivity index (χ3v) is 9.73. The molecule has 33 heavy (non-hydrogen) atoms. The molecule has 0 aliphatic carbocycles. The molecule has 2 bridgehead atoms. The zero-order chi connectivity index (χ0) is 23.8. The quantitative estimate of drug-likeness (QED) is 0.475. The van der Waals surface area contributed by atoms with Gasteiger partial charge < -0.3 is 20.6 Å². The molecule has 3 saturated heterocycles. The van der Waals surface area contributed by atoms with E-state index in [2.05, 4.69) is 24.5 Å². The van der Waals surface area contributed by atoms with Gasteiger partial charge >= 0.3 is 0 Å². The second-order valence-electron chi connectivity index (χ2n) is 9.76. The molecule has 1 aromatic carbocycles. The Hall–Kier alpha value is -2.06. The van der Waals surface area contributed by atoms with Gasteiger partial charge in [-0.15, -0.1) is 11.8 Å². The maximum atomic E-state index is 14.0. The molecule has 7 nitrogen and oxygen atoms in total. The first-order valence-electron chi connectivity index (χ1n) is 12.0. The number of nitrogens with zero attached hydrogens (tertiary/aromatic N) is 1. The van der Waals surface area contributed by atoms with E-state index in [1.165, 1.54) is 0 Å². The minimum Gasteiger partial charge on any atom is -0.394 e. The van der Waals surface area contributed by atoms with Crippen molar-refractivity contribution in [1.82, 2.24) is 15.5 Å². The molecule has 3 heterocycles. The lowest BCUT2D eigenvalue weighted by Gasteiger charge is -2.37. The SMILES string of the molecule is CCCCNC(=O)C1N([C@@H](CO)Cc2ccccc2)C(=O)[C@@H]2[C@@H](C(=O)NC)[C@@]3(C)CCC12S3. The lowest BCUT2D eigenvalue weighted by Crippen LogP contribution is -2.57. The Kier molecular flexibility index (Phi) is 6.78. The largest absolute Gasteiger partial charge is 0.394 e. The monoisotopic (exact) mass is 473 g/mol. The molecule has 0 radical (unpaired) electrons. The van der Waals surface area contributed by atoms with Gasteiger partial charge in [0, 0.05) is 18.3 Å². The minimum atomic E-state index is -0.700. The molecule has 180 valence electrons. The molecular weight excluding hydrogens is 438 g/mol. The molecule has 8 heteroatoms. The van der Waals surface area contributed by atoms with E-state index in [1.54, 1.807) is 23.7 Å². The van der Waals surface area contributed by atoms with E-state index in [0.717, 1.165) is 24.8 Å². The maximum absolute atomic E-state index is 14.0. The molecule has 0 aromatic heterocycles. The molecule has 3 aliphatic heterocycles. The van der Waals surface area contributed by atoms with Crippen LogP contribution in [-0.4, -0.2) is 69.5 Å². The van der Waals surface area contributed by atoms with E-state index in [-0.39, 0.29) is 29.1 Å². The minimum absolute atomic E-state index is 0.138. The number of aliphatic hydroxyl groups excluding tert-OH is 1. The molecular formula is C25H35N3O4S. The fourth-order valence-corrected chi connectivity index (χ4v) is 8.58. The zero-order valence-corrected chi connectivity index (χ0v) is 20.5. The maximum Gasteiger partial charge on any atom is 0.244 e. The van der Waals surface area contributed by atoms with Crippen LogP contribution in [-0.2, 0) is 20.8 Å². The van der Waals surface area contributed by atoms with Gasteiger partial charge in [0.15, 0.2) is 0 Å². The van der Waals surface area contributed by atoms with Crippen molar-refractivity contribution in [1.29, 1.82) is 0 Å². The van der Waals surface area contributed by atoms with Crippen molar-refractivity contribution in [3.63, 3.8) is 0 Å². The van der Waals surface area contributed by atoms with Gasteiger partial charge in [-0.3, -0.25) is 14.4 Å². The smallest absolute Gasteiger partial charge is 0.244 e. The average molecular weight is 474 g/mol. The first-order valence-corrected chi connectivity index (χ1v) is 12.8. The topological polar surface area (TPSA) is 98.7 Å². The van der Waals surface area contributed by atoms with Gasteiger partial charge in [-0.1, -0.05) is 43.7 Å². The van der Waals surface area contributed by atoms with Gasteiger partial charge in [0.2, 0.25) is 17.7 Å². The van der Waals surface area contributed by atoms with E-state index in [1.807, 2.05) is 30.3 Å². The van der Waals surface area contributed by atoms with Crippen molar-refractivity contribution in [2.75, 3.05) is 20.2 Å². The van der Waals surface area contributed by atoms with Crippen molar-refractivity contribution >= 4 is 29.5 Å². The number of hydrogen-bond acceptors (Lipinski definition) is 5. The Morgan fingerprint density at radius 3 is 2.61 bits per heavy atom. The van der Waals surface area contributed by atoms with Gasteiger partial charge in [0.25, 0.3) is 0 Å². The van der Waals surface area contributed by atoms with E-state index in [0.29, 0.717) is 19.4 Å². The summed E-state index contributed by atoms with van der Waals surface area (Å²) >= 11 is 1.66. The predicted molar refractivity (Wildman–Crippen MR) is 129 cm³/mol. The lowest BCUT2D eigenvalue weighted by atomic mass is 9.66. The van der Waals surface area contributed by atoms with E-state index >= 15 is 0 Å². The van der Waals surface area contributed by atoms with Crippen LogP contribution >= 0.6 is 11.8 Å². The van der Waals surface area contributed by atoms with Crippen LogP contribution in [0.25, 0.3) is 0 Å². The molecule has 2 unspecified atom stereocenters. The van der Waals surface area contributed by atoms with Crippen molar-refractivity contribution in [3.05, 3.63) is 35.9 Å². The number of likely N-dealkylation sites (tertiary alicyclic amines) is 1. The number of amides is 3. The van der Waals surface area contributed by atoms with E-state index in [4.69, 9.17) is 0 Å². The predicted octanol–water partition coefficient (Wildman–Crippen LogP) is 1.73. The summed E-state index contributed by atoms with van der Waals surface area (Å²) in [4.78, 5) is 42.3. The second kappa shape index (κ2) is 9.29. The fraction of sp³-hybridized carbons (Fsp3) is 0.640. The Balaban J connectivity index is 1.74. The van der Waals surface area contributed by atoms with Crippen LogP contribution in [0, 0.1) is 11.8 Å². The highest BCUT2D eigenvalue weighted by atomic mass is 32.2. The zero-order valence-electron chi connectivity index (χ0n) is 19.7. The summed E-state index contributed by atoms with van der Waals surface area (Å²) in [6.45, 7) is 4.44. The van der Waals surface area contributed by atoms with Crippen LogP contribution in [0.1, 0.15) is 45.1 Å². The van der Waals surface area contributed by atoms with Crippen molar-refractivity contribution in [2.45, 2.75) is 67.5 Å². The number of unbranched alkanes of at least 4 members (excludes halogenated alkanes) is 1.